The lowest BCUT2D eigenvalue weighted by atomic mass is 10.0. The molecule has 1 aliphatic heterocycles. The van der Waals surface area contributed by atoms with Crippen LogP contribution < -0.4 is 10.2 Å². The van der Waals surface area contributed by atoms with Gasteiger partial charge in [-0.25, -0.2) is 0 Å². The molecule has 1 aromatic heterocycles. The number of hydrogen-bond acceptors (Lipinski definition) is 5. The quantitative estimate of drug-likeness (QED) is 0.935. The number of rotatable bonds is 4. The van der Waals surface area contributed by atoms with Crippen molar-refractivity contribution in [3.63, 3.8) is 0 Å². The summed E-state index contributed by atoms with van der Waals surface area (Å²) in [5.74, 6) is -0.181. The molecule has 1 atom stereocenters. The molecule has 1 N–H and O–H groups in total. The highest BCUT2D eigenvalue weighted by molar-refractivity contribution is 7.13. The fourth-order valence-electron chi connectivity index (χ4n) is 2.62. The largest absolute Gasteiger partial charge is 0.312 e. The fraction of sp³-hybridized carbons (Fsp3) is 0.375. The van der Waals surface area contributed by atoms with Crippen molar-refractivity contribution >= 4 is 34.0 Å². The molecule has 0 bridgehead atoms. The van der Waals surface area contributed by atoms with Crippen molar-refractivity contribution in [2.75, 3.05) is 16.8 Å². The molecule has 2 heterocycles. The first kappa shape index (κ1) is 15.6. The minimum atomic E-state index is -0.367. The maximum absolute atomic E-state index is 12.3. The van der Waals surface area contributed by atoms with Crippen LogP contribution >= 0.6 is 11.3 Å². The zero-order valence-corrected chi connectivity index (χ0v) is 13.8. The van der Waals surface area contributed by atoms with Crippen LogP contribution in [-0.2, 0) is 9.59 Å². The molecule has 6 nitrogen and oxygen atoms in total. The molecule has 0 radical (unpaired) electrons. The summed E-state index contributed by atoms with van der Waals surface area (Å²) in [5.41, 5.74) is 3.59. The van der Waals surface area contributed by atoms with Crippen LogP contribution in [-0.4, -0.2) is 28.6 Å². The van der Waals surface area contributed by atoms with Gasteiger partial charge >= 0.3 is 0 Å². The van der Waals surface area contributed by atoms with Crippen LogP contribution in [0.25, 0.3) is 0 Å². The summed E-state index contributed by atoms with van der Waals surface area (Å²) in [4.78, 5) is 26.2. The minimum absolute atomic E-state index is 0.0247. The van der Waals surface area contributed by atoms with Crippen molar-refractivity contribution in [3.05, 3.63) is 35.3 Å². The second-order valence-corrected chi connectivity index (χ2v) is 6.72. The van der Waals surface area contributed by atoms with E-state index in [0.717, 1.165) is 5.69 Å². The van der Waals surface area contributed by atoms with E-state index in [1.165, 1.54) is 16.9 Å². The molecule has 120 valence electrons. The van der Waals surface area contributed by atoms with Gasteiger partial charge in [0.2, 0.25) is 16.9 Å². The van der Waals surface area contributed by atoms with Crippen LogP contribution in [0, 0.1) is 5.92 Å². The summed E-state index contributed by atoms with van der Waals surface area (Å²) in [6.07, 6.45) is 0.219. The van der Waals surface area contributed by atoms with Gasteiger partial charge in [-0.3, -0.25) is 9.59 Å². The van der Waals surface area contributed by atoms with Crippen LogP contribution in [0.1, 0.15) is 31.7 Å². The maximum atomic E-state index is 12.3. The summed E-state index contributed by atoms with van der Waals surface area (Å²) in [5, 5.41) is 10.6. The predicted molar refractivity (Wildman–Crippen MR) is 89.5 cm³/mol. The van der Waals surface area contributed by atoms with E-state index in [0.29, 0.717) is 17.6 Å². The number of nitrogens with zero attached hydrogens (tertiary/aromatic N) is 3. The molecule has 1 aromatic carbocycles. The Morgan fingerprint density at radius 1 is 1.43 bits per heavy atom. The molecule has 0 aliphatic carbocycles. The number of anilines is 2. The molecule has 2 aromatic rings. The fourth-order valence-corrected chi connectivity index (χ4v) is 3.07. The normalized spacial score (nSPS) is 17.8. The standard InChI is InChI=1S/C16H18N4O2S/c1-10(2)11-4-3-5-13(6-11)20-8-12(7-14(20)21)15(22)18-16-19-17-9-23-16/h3-6,9-10,12H,7-8H2,1-2H3,(H,18,19,22). The first-order valence-corrected chi connectivity index (χ1v) is 8.40. The lowest BCUT2D eigenvalue weighted by Gasteiger charge is -2.18. The number of aromatic nitrogens is 2. The van der Waals surface area contributed by atoms with E-state index in [2.05, 4.69) is 29.4 Å². The lowest BCUT2D eigenvalue weighted by molar-refractivity contribution is -0.122. The van der Waals surface area contributed by atoms with Crippen molar-refractivity contribution in [1.29, 1.82) is 0 Å². The molecule has 2 amide bonds. The zero-order valence-electron chi connectivity index (χ0n) is 13.0. The van der Waals surface area contributed by atoms with Crippen LogP contribution in [0.2, 0.25) is 0 Å². The monoisotopic (exact) mass is 330 g/mol. The Balaban J connectivity index is 1.72. The van der Waals surface area contributed by atoms with Gasteiger partial charge in [0.15, 0.2) is 0 Å². The number of carbonyl (C=O) groups excluding carboxylic acids is 2. The summed E-state index contributed by atoms with van der Waals surface area (Å²) in [6.45, 7) is 4.62. The van der Waals surface area contributed by atoms with E-state index in [-0.39, 0.29) is 24.2 Å². The number of benzene rings is 1. The zero-order chi connectivity index (χ0) is 16.4. The molecule has 0 spiro atoms. The first-order valence-electron chi connectivity index (χ1n) is 7.52. The van der Waals surface area contributed by atoms with E-state index in [4.69, 9.17) is 0 Å². The molecule has 1 fully saturated rings. The summed E-state index contributed by atoms with van der Waals surface area (Å²) >= 11 is 1.26. The molecular weight excluding hydrogens is 312 g/mol. The highest BCUT2D eigenvalue weighted by Gasteiger charge is 2.35. The Hall–Kier alpha value is -2.28. The van der Waals surface area contributed by atoms with Crippen LogP contribution in [0.5, 0.6) is 0 Å². The van der Waals surface area contributed by atoms with Crippen LogP contribution in [0.3, 0.4) is 0 Å². The van der Waals surface area contributed by atoms with Crippen molar-refractivity contribution < 1.29 is 9.59 Å². The maximum Gasteiger partial charge on any atom is 0.231 e. The number of hydrogen-bond donors (Lipinski definition) is 1. The van der Waals surface area contributed by atoms with Gasteiger partial charge < -0.3 is 10.2 Å². The van der Waals surface area contributed by atoms with Crippen LogP contribution in [0.4, 0.5) is 10.8 Å². The molecule has 1 aliphatic rings. The second-order valence-electron chi connectivity index (χ2n) is 5.89. The molecule has 7 heteroatoms. The minimum Gasteiger partial charge on any atom is -0.312 e. The Morgan fingerprint density at radius 2 is 2.26 bits per heavy atom. The van der Waals surface area contributed by atoms with Crippen molar-refractivity contribution in [1.82, 2.24) is 10.2 Å². The number of nitrogens with one attached hydrogen (secondary N) is 1. The molecule has 1 unspecified atom stereocenters. The van der Waals surface area contributed by atoms with Gasteiger partial charge in [0.05, 0.1) is 5.92 Å². The second kappa shape index (κ2) is 6.45. The van der Waals surface area contributed by atoms with E-state index in [9.17, 15) is 9.59 Å². The summed E-state index contributed by atoms with van der Waals surface area (Å²) in [7, 11) is 0. The highest BCUT2D eigenvalue weighted by Crippen LogP contribution is 2.28. The van der Waals surface area contributed by atoms with E-state index >= 15 is 0 Å². The SMILES string of the molecule is CC(C)c1cccc(N2CC(C(=O)Nc3nncs3)CC2=O)c1. The van der Waals surface area contributed by atoms with E-state index in [1.54, 1.807) is 10.4 Å². The van der Waals surface area contributed by atoms with Gasteiger partial charge in [0.25, 0.3) is 0 Å². The van der Waals surface area contributed by atoms with Gasteiger partial charge in [0, 0.05) is 18.7 Å². The average Bonchev–Trinajstić information content (AvgIpc) is 3.17. The Bertz CT molecular complexity index is 715. The summed E-state index contributed by atoms with van der Waals surface area (Å²) < 4.78 is 0. The molecule has 1 saturated heterocycles. The van der Waals surface area contributed by atoms with Gasteiger partial charge in [-0.15, -0.1) is 10.2 Å². The van der Waals surface area contributed by atoms with E-state index < -0.39 is 0 Å². The Kier molecular flexibility index (Phi) is 4.38. The van der Waals surface area contributed by atoms with Gasteiger partial charge in [-0.1, -0.05) is 37.3 Å². The predicted octanol–water partition coefficient (Wildman–Crippen LogP) is 2.65. The first-order chi connectivity index (χ1) is 11.0. The van der Waals surface area contributed by atoms with Crippen molar-refractivity contribution in [2.45, 2.75) is 26.2 Å². The third-order valence-electron chi connectivity index (χ3n) is 3.93. The van der Waals surface area contributed by atoms with Gasteiger partial charge in [0.1, 0.15) is 5.51 Å². The van der Waals surface area contributed by atoms with Gasteiger partial charge in [-0.05, 0) is 23.6 Å². The number of carbonyl (C=O) groups is 2. The van der Waals surface area contributed by atoms with Crippen molar-refractivity contribution in [2.24, 2.45) is 5.92 Å². The highest BCUT2D eigenvalue weighted by atomic mass is 32.1. The lowest BCUT2D eigenvalue weighted by Crippen LogP contribution is -2.28. The Labute approximate surface area is 138 Å². The van der Waals surface area contributed by atoms with Gasteiger partial charge in [-0.2, -0.15) is 0 Å². The van der Waals surface area contributed by atoms with Crippen molar-refractivity contribution in [3.8, 4) is 0 Å². The smallest absolute Gasteiger partial charge is 0.231 e. The third kappa shape index (κ3) is 3.39. The topological polar surface area (TPSA) is 75.2 Å². The number of amides is 2. The average molecular weight is 330 g/mol. The van der Waals surface area contributed by atoms with E-state index in [1.807, 2.05) is 24.3 Å². The van der Waals surface area contributed by atoms with Crippen LogP contribution in [0.15, 0.2) is 29.8 Å². The molecule has 0 saturated carbocycles. The third-order valence-corrected chi connectivity index (χ3v) is 4.54. The molecule has 23 heavy (non-hydrogen) atoms. The molecule has 3 rings (SSSR count). The Morgan fingerprint density at radius 3 is 2.96 bits per heavy atom. The molecular formula is C16H18N4O2S. The summed E-state index contributed by atoms with van der Waals surface area (Å²) in [6, 6.07) is 7.93.